The van der Waals surface area contributed by atoms with E-state index in [9.17, 15) is 18.3 Å². The van der Waals surface area contributed by atoms with Crippen LogP contribution < -0.4 is 0 Å². The van der Waals surface area contributed by atoms with Crippen molar-refractivity contribution in [3.63, 3.8) is 0 Å². The zero-order valence-electron chi connectivity index (χ0n) is 12.1. The van der Waals surface area contributed by atoms with Crippen molar-refractivity contribution < 1.29 is 18.3 Å². The second kappa shape index (κ2) is 6.43. The summed E-state index contributed by atoms with van der Waals surface area (Å²) in [6.45, 7) is 3.35. The average molecular weight is 303 g/mol. The number of carboxylic acid groups (broad SMARTS) is 1. The SMILES string of the molecule is CCC1CCC(C(=O)O)C(N2CCCS(=O)(=O)CC2)C1. The largest absolute Gasteiger partial charge is 0.481 e. The molecule has 0 aromatic carbocycles. The van der Waals surface area contributed by atoms with Crippen molar-refractivity contribution in [1.82, 2.24) is 4.90 Å². The Morgan fingerprint density at radius 2 is 2.00 bits per heavy atom. The lowest BCUT2D eigenvalue weighted by Gasteiger charge is -2.40. The molecular weight excluding hydrogens is 278 g/mol. The molecule has 2 rings (SSSR count). The average Bonchev–Trinajstić information content (AvgIpc) is 2.58. The molecule has 1 heterocycles. The van der Waals surface area contributed by atoms with Gasteiger partial charge in [0, 0.05) is 12.6 Å². The lowest BCUT2D eigenvalue weighted by molar-refractivity contribution is -0.146. The quantitative estimate of drug-likeness (QED) is 0.852. The smallest absolute Gasteiger partial charge is 0.308 e. The van der Waals surface area contributed by atoms with Crippen molar-refractivity contribution >= 4 is 15.8 Å². The Kier molecular flexibility index (Phi) is 5.07. The molecule has 1 saturated carbocycles. The summed E-state index contributed by atoms with van der Waals surface area (Å²) in [5.41, 5.74) is 0. The van der Waals surface area contributed by atoms with Crippen LogP contribution in [0.1, 0.15) is 39.0 Å². The molecule has 1 saturated heterocycles. The summed E-state index contributed by atoms with van der Waals surface area (Å²) < 4.78 is 23.4. The number of rotatable bonds is 3. The molecule has 0 amide bonds. The molecule has 0 radical (unpaired) electrons. The lowest BCUT2D eigenvalue weighted by atomic mass is 9.76. The first-order chi connectivity index (χ1) is 9.43. The number of hydrogen-bond donors (Lipinski definition) is 1. The van der Waals surface area contributed by atoms with Crippen LogP contribution >= 0.6 is 0 Å². The Labute approximate surface area is 121 Å². The van der Waals surface area contributed by atoms with Crippen LogP contribution in [0.3, 0.4) is 0 Å². The normalized spacial score (nSPS) is 35.4. The van der Waals surface area contributed by atoms with Crippen molar-refractivity contribution in [3.8, 4) is 0 Å². The zero-order valence-corrected chi connectivity index (χ0v) is 12.9. The third kappa shape index (κ3) is 3.73. The molecule has 6 heteroatoms. The third-order valence-electron chi connectivity index (χ3n) is 4.88. The van der Waals surface area contributed by atoms with E-state index in [1.54, 1.807) is 0 Å². The van der Waals surface area contributed by atoms with Gasteiger partial charge >= 0.3 is 5.97 Å². The first-order valence-corrected chi connectivity index (χ1v) is 9.42. The summed E-state index contributed by atoms with van der Waals surface area (Å²) in [5, 5.41) is 9.43. The van der Waals surface area contributed by atoms with E-state index in [-0.39, 0.29) is 23.5 Å². The maximum Gasteiger partial charge on any atom is 0.308 e. The summed E-state index contributed by atoms with van der Waals surface area (Å²) >= 11 is 0. The van der Waals surface area contributed by atoms with Gasteiger partial charge in [-0.1, -0.05) is 13.3 Å². The van der Waals surface area contributed by atoms with Gasteiger partial charge in [0.15, 0.2) is 9.84 Å². The van der Waals surface area contributed by atoms with Crippen molar-refractivity contribution in [2.24, 2.45) is 11.8 Å². The lowest BCUT2D eigenvalue weighted by Crippen LogP contribution is -2.48. The molecule has 5 nitrogen and oxygen atoms in total. The monoisotopic (exact) mass is 303 g/mol. The van der Waals surface area contributed by atoms with Gasteiger partial charge in [-0.25, -0.2) is 8.42 Å². The predicted octanol–water partition coefficient (Wildman–Crippen LogP) is 1.39. The highest BCUT2D eigenvalue weighted by Crippen LogP contribution is 2.34. The molecule has 1 aliphatic heterocycles. The summed E-state index contributed by atoms with van der Waals surface area (Å²) in [4.78, 5) is 13.6. The minimum atomic E-state index is -2.94. The maximum absolute atomic E-state index is 11.7. The van der Waals surface area contributed by atoms with Crippen LogP contribution in [0.25, 0.3) is 0 Å². The number of aliphatic carboxylic acids is 1. The molecule has 3 unspecified atom stereocenters. The number of nitrogens with zero attached hydrogens (tertiary/aromatic N) is 1. The highest BCUT2D eigenvalue weighted by molar-refractivity contribution is 7.91. The fourth-order valence-corrected chi connectivity index (χ4v) is 4.87. The highest BCUT2D eigenvalue weighted by atomic mass is 32.2. The van der Waals surface area contributed by atoms with Gasteiger partial charge in [0.1, 0.15) is 0 Å². The van der Waals surface area contributed by atoms with E-state index < -0.39 is 15.8 Å². The van der Waals surface area contributed by atoms with Gasteiger partial charge in [0.05, 0.1) is 17.4 Å². The Hall–Kier alpha value is -0.620. The standard InChI is InChI=1S/C14H25NO4S/c1-2-11-4-5-12(14(16)17)13(10-11)15-6-3-8-20(18,19)9-7-15/h11-13H,2-10H2,1H3,(H,16,17). The van der Waals surface area contributed by atoms with Gasteiger partial charge < -0.3 is 5.11 Å². The van der Waals surface area contributed by atoms with Crippen LogP contribution in [0.4, 0.5) is 0 Å². The molecule has 1 N–H and O–H groups in total. The van der Waals surface area contributed by atoms with E-state index in [4.69, 9.17) is 0 Å². The van der Waals surface area contributed by atoms with Crippen LogP contribution in [-0.4, -0.2) is 55.0 Å². The minimum Gasteiger partial charge on any atom is -0.481 e. The van der Waals surface area contributed by atoms with E-state index in [0.29, 0.717) is 25.4 Å². The third-order valence-corrected chi connectivity index (χ3v) is 6.59. The molecule has 0 bridgehead atoms. The molecule has 2 aliphatic rings. The minimum absolute atomic E-state index is 0.0134. The molecule has 0 aromatic rings. The number of carbonyl (C=O) groups is 1. The molecular formula is C14H25NO4S. The molecule has 3 atom stereocenters. The second-order valence-electron chi connectivity index (χ2n) is 6.14. The number of carboxylic acids is 1. The van der Waals surface area contributed by atoms with Crippen LogP contribution in [0, 0.1) is 11.8 Å². The van der Waals surface area contributed by atoms with Crippen molar-refractivity contribution in [2.75, 3.05) is 24.6 Å². The fraction of sp³-hybridized carbons (Fsp3) is 0.929. The number of hydrogen-bond acceptors (Lipinski definition) is 4. The van der Waals surface area contributed by atoms with Crippen LogP contribution in [0.5, 0.6) is 0 Å². The van der Waals surface area contributed by atoms with Gasteiger partial charge in [-0.15, -0.1) is 0 Å². The molecule has 116 valence electrons. The van der Waals surface area contributed by atoms with Crippen LogP contribution in [0.2, 0.25) is 0 Å². The second-order valence-corrected chi connectivity index (χ2v) is 8.44. The highest BCUT2D eigenvalue weighted by Gasteiger charge is 2.38. The van der Waals surface area contributed by atoms with Crippen molar-refractivity contribution in [3.05, 3.63) is 0 Å². The first-order valence-electron chi connectivity index (χ1n) is 7.60. The Morgan fingerprint density at radius 3 is 2.65 bits per heavy atom. The van der Waals surface area contributed by atoms with Gasteiger partial charge in [0.2, 0.25) is 0 Å². The summed E-state index contributed by atoms with van der Waals surface area (Å²) in [5.74, 6) is -0.0663. The first kappa shape index (κ1) is 15.8. The molecule has 0 aromatic heterocycles. The summed E-state index contributed by atoms with van der Waals surface area (Å²) in [6, 6.07) is 0.0134. The molecule has 2 fully saturated rings. The Bertz CT molecular complexity index is 448. The van der Waals surface area contributed by atoms with E-state index in [1.807, 2.05) is 0 Å². The van der Waals surface area contributed by atoms with Crippen molar-refractivity contribution in [1.29, 1.82) is 0 Å². The van der Waals surface area contributed by atoms with Gasteiger partial charge in [-0.2, -0.15) is 0 Å². The van der Waals surface area contributed by atoms with E-state index >= 15 is 0 Å². The van der Waals surface area contributed by atoms with Gasteiger partial charge in [-0.3, -0.25) is 9.69 Å². The van der Waals surface area contributed by atoms with Crippen molar-refractivity contribution in [2.45, 2.75) is 45.1 Å². The maximum atomic E-state index is 11.7. The zero-order chi connectivity index (χ0) is 14.8. The molecule has 1 aliphatic carbocycles. The Balaban J connectivity index is 2.11. The van der Waals surface area contributed by atoms with Crippen LogP contribution in [0.15, 0.2) is 0 Å². The Morgan fingerprint density at radius 1 is 1.25 bits per heavy atom. The van der Waals surface area contributed by atoms with E-state index in [2.05, 4.69) is 11.8 Å². The van der Waals surface area contributed by atoms with Gasteiger partial charge in [0.25, 0.3) is 0 Å². The number of sulfone groups is 1. The summed E-state index contributed by atoms with van der Waals surface area (Å²) in [6.07, 6.45) is 4.31. The topological polar surface area (TPSA) is 74.7 Å². The fourth-order valence-electron chi connectivity index (χ4n) is 3.58. The van der Waals surface area contributed by atoms with Gasteiger partial charge in [-0.05, 0) is 38.1 Å². The summed E-state index contributed by atoms with van der Waals surface area (Å²) in [7, 11) is -2.94. The molecule has 0 spiro atoms. The van der Waals surface area contributed by atoms with Crippen LogP contribution in [-0.2, 0) is 14.6 Å². The predicted molar refractivity (Wildman–Crippen MR) is 77.4 cm³/mol. The van der Waals surface area contributed by atoms with E-state index in [1.165, 1.54) is 0 Å². The molecule has 20 heavy (non-hydrogen) atoms. The van der Waals surface area contributed by atoms with E-state index in [0.717, 1.165) is 25.7 Å².